The number of carbonyl (C=O) groups excluding carboxylic acids is 2. The highest BCUT2D eigenvalue weighted by molar-refractivity contribution is 5.88. The lowest BCUT2D eigenvalue weighted by molar-refractivity contribution is -0.149. The SMILES string of the molecule is C=C(C(=O)OCCNC(=O)C1CCCCC1C(=O)O)C(C)C. The third-order valence-corrected chi connectivity index (χ3v) is 4.01. The molecule has 0 aromatic carbocycles. The molecule has 1 aliphatic rings. The largest absolute Gasteiger partial charge is 0.481 e. The molecule has 0 aliphatic heterocycles. The van der Waals surface area contributed by atoms with Gasteiger partial charge in [-0.05, 0) is 18.8 Å². The van der Waals surface area contributed by atoms with Crippen molar-refractivity contribution in [2.75, 3.05) is 13.2 Å². The second-order valence-electron chi connectivity index (χ2n) is 5.94. The molecule has 1 rings (SSSR count). The van der Waals surface area contributed by atoms with E-state index in [9.17, 15) is 14.4 Å². The molecule has 0 saturated heterocycles. The van der Waals surface area contributed by atoms with Crippen LogP contribution in [0.4, 0.5) is 0 Å². The van der Waals surface area contributed by atoms with E-state index in [1.165, 1.54) is 0 Å². The van der Waals surface area contributed by atoms with Crippen LogP contribution in [0.15, 0.2) is 12.2 Å². The highest BCUT2D eigenvalue weighted by Crippen LogP contribution is 2.30. The Morgan fingerprint density at radius 1 is 1.23 bits per heavy atom. The number of carbonyl (C=O) groups is 3. The van der Waals surface area contributed by atoms with E-state index in [2.05, 4.69) is 11.9 Å². The van der Waals surface area contributed by atoms with Gasteiger partial charge in [-0.2, -0.15) is 0 Å². The Labute approximate surface area is 130 Å². The standard InChI is InChI=1S/C16H25NO5/c1-10(2)11(3)16(21)22-9-8-17-14(18)12-6-4-5-7-13(12)15(19)20/h10,12-13H,3-9H2,1-2H3,(H,17,18)(H,19,20). The predicted octanol–water partition coefficient (Wildman–Crippen LogP) is 1.75. The van der Waals surface area contributed by atoms with Crippen LogP contribution in [-0.2, 0) is 19.1 Å². The second-order valence-corrected chi connectivity index (χ2v) is 5.94. The first-order valence-electron chi connectivity index (χ1n) is 7.71. The molecule has 1 aliphatic carbocycles. The molecule has 0 aromatic heterocycles. The zero-order valence-electron chi connectivity index (χ0n) is 13.3. The maximum atomic E-state index is 12.1. The van der Waals surface area contributed by atoms with Crippen LogP contribution in [0, 0.1) is 17.8 Å². The van der Waals surface area contributed by atoms with Gasteiger partial charge in [0.1, 0.15) is 6.61 Å². The van der Waals surface area contributed by atoms with E-state index in [1.807, 2.05) is 13.8 Å². The second kappa shape index (κ2) is 8.56. The number of carboxylic acid groups (broad SMARTS) is 1. The van der Waals surface area contributed by atoms with Crippen molar-refractivity contribution in [1.29, 1.82) is 0 Å². The van der Waals surface area contributed by atoms with Gasteiger partial charge in [-0.1, -0.05) is 33.3 Å². The van der Waals surface area contributed by atoms with Crippen LogP contribution in [0.2, 0.25) is 0 Å². The summed E-state index contributed by atoms with van der Waals surface area (Å²) in [6.07, 6.45) is 2.84. The van der Waals surface area contributed by atoms with Gasteiger partial charge >= 0.3 is 11.9 Å². The first-order valence-corrected chi connectivity index (χ1v) is 7.71. The van der Waals surface area contributed by atoms with Crippen molar-refractivity contribution in [3.63, 3.8) is 0 Å². The zero-order chi connectivity index (χ0) is 16.7. The van der Waals surface area contributed by atoms with Gasteiger partial charge in [0.15, 0.2) is 0 Å². The Morgan fingerprint density at radius 2 is 1.82 bits per heavy atom. The number of ether oxygens (including phenoxy) is 1. The summed E-state index contributed by atoms with van der Waals surface area (Å²) in [6, 6.07) is 0. The van der Waals surface area contributed by atoms with Crippen molar-refractivity contribution in [2.45, 2.75) is 39.5 Å². The highest BCUT2D eigenvalue weighted by Gasteiger charge is 2.35. The van der Waals surface area contributed by atoms with Crippen LogP contribution in [0.25, 0.3) is 0 Å². The minimum Gasteiger partial charge on any atom is -0.481 e. The van der Waals surface area contributed by atoms with Crippen LogP contribution in [0.3, 0.4) is 0 Å². The van der Waals surface area contributed by atoms with Crippen LogP contribution in [-0.4, -0.2) is 36.1 Å². The van der Waals surface area contributed by atoms with Crippen LogP contribution in [0.5, 0.6) is 0 Å². The first kappa shape index (κ1) is 18.2. The van der Waals surface area contributed by atoms with Crippen molar-refractivity contribution in [3.8, 4) is 0 Å². The molecule has 6 heteroatoms. The van der Waals surface area contributed by atoms with Crippen LogP contribution >= 0.6 is 0 Å². The van der Waals surface area contributed by atoms with Gasteiger partial charge in [0.25, 0.3) is 0 Å². The number of nitrogens with one attached hydrogen (secondary N) is 1. The molecule has 2 atom stereocenters. The number of hydrogen-bond acceptors (Lipinski definition) is 4. The van der Waals surface area contributed by atoms with Gasteiger partial charge in [0, 0.05) is 5.57 Å². The first-order chi connectivity index (χ1) is 10.3. The zero-order valence-corrected chi connectivity index (χ0v) is 13.3. The van der Waals surface area contributed by atoms with Crippen LogP contribution in [0.1, 0.15) is 39.5 Å². The predicted molar refractivity (Wildman–Crippen MR) is 81.0 cm³/mol. The van der Waals surface area contributed by atoms with Gasteiger partial charge < -0.3 is 15.2 Å². The summed E-state index contributed by atoms with van der Waals surface area (Å²) in [5.41, 5.74) is 0.393. The number of rotatable bonds is 7. The number of aliphatic carboxylic acids is 1. The third kappa shape index (κ3) is 5.16. The molecule has 0 heterocycles. The van der Waals surface area contributed by atoms with Gasteiger partial charge in [-0.3, -0.25) is 9.59 Å². The molecule has 1 amide bonds. The summed E-state index contributed by atoms with van der Waals surface area (Å²) in [5.74, 6) is -2.75. The van der Waals surface area contributed by atoms with E-state index in [0.29, 0.717) is 18.4 Å². The fourth-order valence-electron chi connectivity index (χ4n) is 2.52. The maximum Gasteiger partial charge on any atom is 0.333 e. The third-order valence-electron chi connectivity index (χ3n) is 4.01. The highest BCUT2D eigenvalue weighted by atomic mass is 16.5. The lowest BCUT2D eigenvalue weighted by atomic mass is 9.79. The summed E-state index contributed by atoms with van der Waals surface area (Å²) in [6.45, 7) is 7.57. The van der Waals surface area contributed by atoms with E-state index >= 15 is 0 Å². The lowest BCUT2D eigenvalue weighted by Crippen LogP contribution is -2.41. The molecule has 1 fully saturated rings. The van der Waals surface area contributed by atoms with E-state index in [4.69, 9.17) is 9.84 Å². The molecule has 0 spiro atoms. The van der Waals surface area contributed by atoms with E-state index in [0.717, 1.165) is 12.8 Å². The topological polar surface area (TPSA) is 92.7 Å². The van der Waals surface area contributed by atoms with E-state index < -0.39 is 23.8 Å². The fraction of sp³-hybridized carbons (Fsp3) is 0.688. The maximum absolute atomic E-state index is 12.1. The Kier molecular flexibility index (Phi) is 7.08. The summed E-state index contributed by atoms with van der Waals surface area (Å²) >= 11 is 0. The summed E-state index contributed by atoms with van der Waals surface area (Å²) in [5, 5.41) is 11.8. The van der Waals surface area contributed by atoms with Gasteiger partial charge in [-0.25, -0.2) is 4.79 Å². The molecule has 0 radical (unpaired) electrons. The van der Waals surface area contributed by atoms with E-state index in [1.54, 1.807) is 0 Å². The monoisotopic (exact) mass is 311 g/mol. The average Bonchev–Trinajstić information content (AvgIpc) is 2.50. The molecule has 0 bridgehead atoms. The Morgan fingerprint density at radius 3 is 2.36 bits per heavy atom. The minimum absolute atomic E-state index is 0.0145. The van der Waals surface area contributed by atoms with Crippen molar-refractivity contribution in [2.24, 2.45) is 17.8 Å². The molecular weight excluding hydrogens is 286 g/mol. The number of esters is 1. The number of hydrogen-bond donors (Lipinski definition) is 2. The van der Waals surface area contributed by atoms with Crippen LogP contribution < -0.4 is 5.32 Å². The molecule has 22 heavy (non-hydrogen) atoms. The number of amides is 1. The quantitative estimate of drug-likeness (QED) is 0.424. The summed E-state index contributed by atoms with van der Waals surface area (Å²) in [7, 11) is 0. The lowest BCUT2D eigenvalue weighted by Gasteiger charge is -2.27. The molecule has 0 aromatic rings. The van der Waals surface area contributed by atoms with Crippen molar-refractivity contribution >= 4 is 17.8 Å². The Balaban J connectivity index is 2.35. The average molecular weight is 311 g/mol. The Bertz CT molecular complexity index is 444. The molecular formula is C16H25NO5. The number of carboxylic acids is 1. The molecule has 1 saturated carbocycles. The summed E-state index contributed by atoms with van der Waals surface area (Å²) < 4.78 is 5.01. The minimum atomic E-state index is -0.917. The normalized spacial score (nSPS) is 21.2. The van der Waals surface area contributed by atoms with E-state index in [-0.39, 0.29) is 25.0 Å². The smallest absolute Gasteiger partial charge is 0.333 e. The Hall–Kier alpha value is -1.85. The van der Waals surface area contributed by atoms with Gasteiger partial charge in [-0.15, -0.1) is 0 Å². The summed E-state index contributed by atoms with van der Waals surface area (Å²) in [4.78, 5) is 34.8. The molecule has 2 unspecified atom stereocenters. The molecule has 124 valence electrons. The molecule has 6 nitrogen and oxygen atoms in total. The van der Waals surface area contributed by atoms with Gasteiger partial charge in [0.2, 0.25) is 5.91 Å². The fourth-order valence-corrected chi connectivity index (χ4v) is 2.52. The van der Waals surface area contributed by atoms with Crippen molar-refractivity contribution in [3.05, 3.63) is 12.2 Å². The molecule has 2 N–H and O–H groups in total. The van der Waals surface area contributed by atoms with Crippen molar-refractivity contribution < 1.29 is 24.2 Å². The van der Waals surface area contributed by atoms with Gasteiger partial charge in [0.05, 0.1) is 18.4 Å². The van der Waals surface area contributed by atoms with Crippen molar-refractivity contribution in [1.82, 2.24) is 5.32 Å².